The summed E-state index contributed by atoms with van der Waals surface area (Å²) in [6.45, 7) is -0.118. The Bertz CT molecular complexity index is 1480. The molecule has 2 N–H and O–H groups in total. The van der Waals surface area contributed by atoms with Crippen LogP contribution in [0.1, 0.15) is 17.9 Å². The molecule has 5 aromatic rings. The number of hydrogen-bond donors (Lipinski definition) is 1. The summed E-state index contributed by atoms with van der Waals surface area (Å²) in [5, 5.41) is 16.3. The highest BCUT2D eigenvalue weighted by Crippen LogP contribution is 2.28. The molecule has 0 spiro atoms. The lowest BCUT2D eigenvalue weighted by atomic mass is 10.1. The molecule has 0 radical (unpaired) electrons. The normalized spacial score (nSPS) is 11.5. The van der Waals surface area contributed by atoms with Gasteiger partial charge in [0.1, 0.15) is 23.1 Å². The Hall–Kier alpha value is -4.35. The monoisotopic (exact) mass is 455 g/mol. The molecule has 0 amide bonds. The van der Waals surface area contributed by atoms with Crippen molar-refractivity contribution in [2.75, 3.05) is 5.73 Å². The van der Waals surface area contributed by atoms with Gasteiger partial charge in [0.2, 0.25) is 0 Å². The first-order chi connectivity index (χ1) is 15.9. The summed E-state index contributed by atoms with van der Waals surface area (Å²) in [4.78, 5) is 4.04. The molecule has 166 valence electrons. The summed E-state index contributed by atoms with van der Waals surface area (Å²) >= 11 is 0. The van der Waals surface area contributed by atoms with Gasteiger partial charge in [0.05, 0.1) is 18.3 Å². The number of alkyl halides is 2. The Morgan fingerprint density at radius 2 is 1.82 bits per heavy atom. The second kappa shape index (κ2) is 7.97. The van der Waals surface area contributed by atoms with Crippen molar-refractivity contribution in [1.29, 1.82) is 0 Å². The van der Waals surface area contributed by atoms with Crippen LogP contribution in [0.4, 0.5) is 23.4 Å². The highest BCUT2D eigenvalue weighted by atomic mass is 19.3. The predicted octanol–water partition coefficient (Wildman–Crippen LogP) is 4.39. The molecule has 33 heavy (non-hydrogen) atoms. The number of rotatable bonds is 5. The van der Waals surface area contributed by atoms with Crippen molar-refractivity contribution >= 4 is 16.6 Å². The van der Waals surface area contributed by atoms with E-state index in [4.69, 9.17) is 10.2 Å². The number of nitrogens with two attached hydrogens (primary N) is 1. The Morgan fingerprint density at radius 1 is 0.970 bits per heavy atom. The maximum absolute atomic E-state index is 14.6. The Balaban J connectivity index is 1.40. The van der Waals surface area contributed by atoms with Gasteiger partial charge < -0.3 is 10.2 Å². The molecule has 3 heterocycles. The number of benzene rings is 2. The molecule has 0 atom stereocenters. The second-order valence-corrected chi connectivity index (χ2v) is 7.14. The topological polar surface area (TPSA) is 109 Å². The lowest BCUT2D eigenvalue weighted by molar-refractivity contribution is 0.116. The van der Waals surface area contributed by atoms with Gasteiger partial charge >= 0.3 is 6.43 Å². The fourth-order valence-electron chi connectivity index (χ4n) is 3.30. The van der Waals surface area contributed by atoms with E-state index in [1.54, 1.807) is 18.5 Å². The lowest BCUT2D eigenvalue weighted by Crippen LogP contribution is -2.04. The second-order valence-electron chi connectivity index (χ2n) is 7.14. The van der Waals surface area contributed by atoms with E-state index in [1.807, 2.05) is 18.2 Å². The van der Waals surface area contributed by atoms with Crippen molar-refractivity contribution < 1.29 is 22.0 Å². The summed E-state index contributed by atoms with van der Waals surface area (Å²) in [6.07, 6.45) is 0.232. The van der Waals surface area contributed by atoms with Crippen molar-refractivity contribution in [3.8, 4) is 22.7 Å². The van der Waals surface area contributed by atoms with Gasteiger partial charge in [-0.3, -0.25) is 0 Å². The van der Waals surface area contributed by atoms with Gasteiger partial charge in [0, 0.05) is 22.7 Å². The molecule has 0 bridgehead atoms. The van der Waals surface area contributed by atoms with Crippen molar-refractivity contribution in [3.05, 3.63) is 71.9 Å². The fourth-order valence-corrected chi connectivity index (χ4v) is 3.30. The van der Waals surface area contributed by atoms with Crippen molar-refractivity contribution in [2.24, 2.45) is 0 Å². The summed E-state index contributed by atoms with van der Waals surface area (Å²) < 4.78 is 60.4. The Kier molecular flexibility index (Phi) is 4.96. The number of nitrogens with zero attached hydrogens (tertiary/aromatic N) is 6. The first-order valence-corrected chi connectivity index (χ1v) is 9.53. The van der Waals surface area contributed by atoms with Crippen LogP contribution >= 0.6 is 0 Å². The zero-order chi connectivity index (χ0) is 23.1. The van der Waals surface area contributed by atoms with E-state index in [2.05, 4.69) is 25.5 Å². The van der Waals surface area contributed by atoms with E-state index in [9.17, 15) is 17.6 Å². The van der Waals surface area contributed by atoms with Gasteiger partial charge in [0.15, 0.2) is 0 Å². The summed E-state index contributed by atoms with van der Waals surface area (Å²) in [5.41, 5.74) is 6.57. The zero-order valence-electron chi connectivity index (χ0n) is 16.6. The van der Waals surface area contributed by atoms with Gasteiger partial charge in [-0.2, -0.15) is 8.78 Å². The molecule has 8 nitrogen and oxygen atoms in total. The smallest absolute Gasteiger partial charge is 0.314 e. The Labute approximate surface area is 182 Å². The average molecular weight is 455 g/mol. The van der Waals surface area contributed by atoms with Gasteiger partial charge in [-0.25, -0.2) is 18.4 Å². The maximum Gasteiger partial charge on any atom is 0.314 e. The van der Waals surface area contributed by atoms with Crippen LogP contribution in [0.15, 0.2) is 53.2 Å². The highest BCUT2D eigenvalue weighted by molar-refractivity contribution is 5.87. The van der Waals surface area contributed by atoms with Crippen LogP contribution in [0.5, 0.6) is 0 Å². The molecular weight excluding hydrogens is 442 g/mol. The lowest BCUT2D eigenvalue weighted by Gasteiger charge is -2.06. The highest BCUT2D eigenvalue weighted by Gasteiger charge is 2.21. The quantitative estimate of drug-likeness (QED) is 0.392. The van der Waals surface area contributed by atoms with Crippen molar-refractivity contribution in [1.82, 2.24) is 30.2 Å². The van der Waals surface area contributed by atoms with E-state index < -0.39 is 35.4 Å². The molecule has 0 fully saturated rings. The van der Waals surface area contributed by atoms with Crippen molar-refractivity contribution in [2.45, 2.75) is 13.0 Å². The third-order valence-electron chi connectivity index (χ3n) is 4.90. The van der Waals surface area contributed by atoms with Crippen LogP contribution in [0.25, 0.3) is 33.5 Å². The average Bonchev–Trinajstić information content (AvgIpc) is 3.46. The van der Waals surface area contributed by atoms with Gasteiger partial charge in [-0.05, 0) is 29.7 Å². The van der Waals surface area contributed by atoms with E-state index in [0.717, 1.165) is 28.5 Å². The molecule has 5 rings (SSSR count). The number of hydrogen-bond acceptors (Lipinski definition) is 7. The number of fused-ring (bicyclic) bond motifs is 1. The predicted molar refractivity (Wildman–Crippen MR) is 109 cm³/mol. The van der Waals surface area contributed by atoms with Gasteiger partial charge in [-0.15, -0.1) is 15.3 Å². The molecule has 12 heteroatoms. The van der Waals surface area contributed by atoms with Gasteiger partial charge in [-0.1, -0.05) is 17.3 Å². The van der Waals surface area contributed by atoms with Crippen LogP contribution in [-0.2, 0) is 6.54 Å². The molecule has 3 aromatic heterocycles. The zero-order valence-corrected chi connectivity index (χ0v) is 16.6. The van der Waals surface area contributed by atoms with Crippen LogP contribution in [0, 0.1) is 11.6 Å². The molecular formula is C21H13F4N7O. The summed E-state index contributed by atoms with van der Waals surface area (Å²) in [6, 6.07) is 9.03. The minimum Gasteiger partial charge on any atom is -0.415 e. The number of nitrogen functional groups attached to an aromatic ring is 1. The Morgan fingerprint density at radius 3 is 2.61 bits per heavy atom. The van der Waals surface area contributed by atoms with E-state index >= 15 is 0 Å². The maximum atomic E-state index is 14.6. The van der Waals surface area contributed by atoms with E-state index in [1.165, 1.54) is 4.68 Å². The number of pyridine rings is 1. The standard InChI is InChI=1S/C21H13F4N7O/c22-15-6-14(20-29-30-21(33-20)19(24)25)16(23)4-13(15)8-32-9-17(28-31-32)10-1-2-11-7-27-18(26)5-12(11)3-10/h1-7,9,19H,8H2,(H2,26,27). The van der Waals surface area contributed by atoms with Crippen molar-refractivity contribution in [3.63, 3.8) is 0 Å². The molecule has 0 aliphatic carbocycles. The van der Waals surface area contributed by atoms with Crippen LogP contribution < -0.4 is 5.73 Å². The molecule has 0 unspecified atom stereocenters. The fraction of sp³-hybridized carbons (Fsp3) is 0.0952. The van der Waals surface area contributed by atoms with E-state index in [0.29, 0.717) is 11.5 Å². The van der Waals surface area contributed by atoms with Crippen LogP contribution in [-0.4, -0.2) is 30.2 Å². The third kappa shape index (κ3) is 3.97. The number of aromatic nitrogens is 6. The molecule has 0 saturated carbocycles. The molecule has 0 saturated heterocycles. The summed E-state index contributed by atoms with van der Waals surface area (Å²) in [5.74, 6) is -2.83. The minimum atomic E-state index is -3.02. The largest absolute Gasteiger partial charge is 0.415 e. The van der Waals surface area contributed by atoms with Crippen LogP contribution in [0.3, 0.4) is 0 Å². The minimum absolute atomic E-state index is 0.0290. The third-order valence-corrected chi connectivity index (χ3v) is 4.90. The SMILES string of the molecule is Nc1cc2cc(-c3cn(Cc4cc(F)c(-c5nnc(C(F)F)o5)cc4F)nn3)ccc2cn1. The van der Waals surface area contributed by atoms with Crippen LogP contribution in [0.2, 0.25) is 0 Å². The van der Waals surface area contributed by atoms with Gasteiger partial charge in [0.25, 0.3) is 11.8 Å². The number of anilines is 1. The van der Waals surface area contributed by atoms with E-state index in [-0.39, 0.29) is 12.1 Å². The molecule has 2 aromatic carbocycles. The molecule has 0 aliphatic rings. The first-order valence-electron chi connectivity index (χ1n) is 9.53. The first kappa shape index (κ1) is 20.5. The molecule has 0 aliphatic heterocycles. The number of halogens is 4. The summed E-state index contributed by atoms with van der Waals surface area (Å²) in [7, 11) is 0.